The summed E-state index contributed by atoms with van der Waals surface area (Å²) in [5.41, 5.74) is 3.23. The van der Waals surface area contributed by atoms with Crippen LogP contribution in [0.15, 0.2) is 58.7 Å². The molecule has 0 aliphatic carbocycles. The molecule has 156 valence electrons. The van der Waals surface area contributed by atoms with Crippen molar-refractivity contribution in [2.45, 2.75) is 20.3 Å². The van der Waals surface area contributed by atoms with Crippen molar-refractivity contribution in [3.05, 3.63) is 64.3 Å². The fraction of sp³-hybridized carbons (Fsp3) is 0.227. The molecule has 0 spiro atoms. The highest BCUT2D eigenvalue weighted by molar-refractivity contribution is 9.10. The standard InChI is InChI=1S/C22H22BrN3O4/c1-3-30-22(29)12-16-11-21(28)26(19-7-5-4-6-18(19)24-16)13-20(27)25-15-8-9-17(23)14(2)10-15/h4-11,24H,3,12-13H2,1-2H3,(H,25,27). The van der Waals surface area contributed by atoms with Gasteiger partial charge in [0.05, 0.1) is 24.4 Å². The second-order valence-electron chi connectivity index (χ2n) is 6.73. The van der Waals surface area contributed by atoms with Crippen LogP contribution in [0.2, 0.25) is 0 Å². The quantitative estimate of drug-likeness (QED) is 0.621. The van der Waals surface area contributed by atoms with Crippen molar-refractivity contribution in [2.75, 3.05) is 28.7 Å². The molecule has 0 unspecified atom stereocenters. The van der Waals surface area contributed by atoms with E-state index in [1.54, 1.807) is 31.2 Å². The van der Waals surface area contributed by atoms with Gasteiger partial charge >= 0.3 is 5.97 Å². The van der Waals surface area contributed by atoms with E-state index in [-0.39, 0.29) is 25.5 Å². The van der Waals surface area contributed by atoms with Crippen molar-refractivity contribution >= 4 is 50.8 Å². The number of aryl methyl sites for hydroxylation is 1. The lowest BCUT2D eigenvalue weighted by atomic mass is 10.2. The van der Waals surface area contributed by atoms with E-state index in [2.05, 4.69) is 26.6 Å². The molecule has 2 amide bonds. The summed E-state index contributed by atoms with van der Waals surface area (Å²) in [5, 5.41) is 5.93. The Morgan fingerprint density at radius 2 is 1.97 bits per heavy atom. The molecule has 8 heteroatoms. The molecule has 0 radical (unpaired) electrons. The smallest absolute Gasteiger partial charge is 0.311 e. The number of rotatable bonds is 6. The minimum absolute atomic E-state index is 0.0634. The van der Waals surface area contributed by atoms with Crippen LogP contribution in [-0.2, 0) is 19.1 Å². The third-order valence-corrected chi connectivity index (χ3v) is 5.33. The molecule has 0 fully saturated rings. The highest BCUT2D eigenvalue weighted by atomic mass is 79.9. The number of para-hydroxylation sites is 2. The average Bonchev–Trinajstić information content (AvgIpc) is 2.81. The molecule has 0 bridgehead atoms. The number of nitrogens with one attached hydrogen (secondary N) is 2. The van der Waals surface area contributed by atoms with E-state index in [1.165, 1.54) is 11.0 Å². The fourth-order valence-electron chi connectivity index (χ4n) is 3.06. The van der Waals surface area contributed by atoms with Crippen LogP contribution in [0.5, 0.6) is 0 Å². The van der Waals surface area contributed by atoms with E-state index in [0.29, 0.717) is 22.8 Å². The first kappa shape index (κ1) is 21.6. The van der Waals surface area contributed by atoms with Crippen molar-refractivity contribution in [3.8, 4) is 0 Å². The summed E-state index contributed by atoms with van der Waals surface area (Å²) in [5.74, 6) is -1.16. The second kappa shape index (κ2) is 9.58. The van der Waals surface area contributed by atoms with Gasteiger partial charge in [-0.15, -0.1) is 0 Å². The van der Waals surface area contributed by atoms with Crippen LogP contribution in [0.25, 0.3) is 0 Å². The van der Waals surface area contributed by atoms with Crippen LogP contribution in [0.3, 0.4) is 0 Å². The van der Waals surface area contributed by atoms with Crippen molar-refractivity contribution < 1.29 is 19.1 Å². The molecule has 3 rings (SSSR count). The van der Waals surface area contributed by atoms with Gasteiger partial charge < -0.3 is 15.4 Å². The molecule has 2 aromatic carbocycles. The monoisotopic (exact) mass is 471 g/mol. The Bertz CT molecular complexity index is 1020. The first-order chi connectivity index (χ1) is 14.4. The maximum Gasteiger partial charge on any atom is 0.311 e. The molecule has 2 N–H and O–H groups in total. The van der Waals surface area contributed by atoms with E-state index in [4.69, 9.17) is 4.74 Å². The zero-order chi connectivity index (χ0) is 21.7. The minimum atomic E-state index is -0.432. The third kappa shape index (κ3) is 5.27. The lowest BCUT2D eigenvalue weighted by Gasteiger charge is -2.21. The van der Waals surface area contributed by atoms with Gasteiger partial charge in [0.25, 0.3) is 5.91 Å². The highest BCUT2D eigenvalue weighted by Crippen LogP contribution is 2.30. The molecule has 1 heterocycles. The molecular formula is C22H22BrN3O4. The molecule has 0 saturated heterocycles. The number of amides is 2. The number of hydrogen-bond acceptors (Lipinski definition) is 5. The number of anilines is 3. The zero-order valence-electron chi connectivity index (χ0n) is 16.7. The predicted octanol–water partition coefficient (Wildman–Crippen LogP) is 3.99. The molecule has 0 atom stereocenters. The largest absolute Gasteiger partial charge is 0.466 e. The van der Waals surface area contributed by atoms with Crippen LogP contribution in [0.1, 0.15) is 18.9 Å². The molecule has 7 nitrogen and oxygen atoms in total. The van der Waals surface area contributed by atoms with Crippen molar-refractivity contribution in [1.29, 1.82) is 0 Å². The van der Waals surface area contributed by atoms with Crippen molar-refractivity contribution in [1.82, 2.24) is 0 Å². The number of esters is 1. The number of hydrogen-bond donors (Lipinski definition) is 2. The van der Waals surface area contributed by atoms with E-state index in [0.717, 1.165) is 10.0 Å². The minimum Gasteiger partial charge on any atom is -0.466 e. The molecular weight excluding hydrogens is 450 g/mol. The van der Waals surface area contributed by atoms with Crippen LogP contribution in [0.4, 0.5) is 17.1 Å². The van der Waals surface area contributed by atoms with Gasteiger partial charge in [-0.25, -0.2) is 0 Å². The molecule has 1 aliphatic rings. The van der Waals surface area contributed by atoms with Gasteiger partial charge in [-0.1, -0.05) is 28.1 Å². The highest BCUT2D eigenvalue weighted by Gasteiger charge is 2.25. The molecule has 1 aliphatic heterocycles. The van der Waals surface area contributed by atoms with Gasteiger partial charge in [0.1, 0.15) is 6.54 Å². The second-order valence-corrected chi connectivity index (χ2v) is 7.58. The summed E-state index contributed by atoms with van der Waals surface area (Å²) >= 11 is 3.43. The molecule has 2 aromatic rings. The maximum atomic E-state index is 12.9. The maximum absolute atomic E-state index is 12.9. The number of nitrogens with zero attached hydrogens (tertiary/aromatic N) is 1. The first-order valence-corrected chi connectivity index (χ1v) is 10.3. The SMILES string of the molecule is CCOC(=O)CC1=CC(=O)N(CC(=O)Nc2ccc(Br)c(C)c2)c2ccccc2N1. The average molecular weight is 472 g/mol. The zero-order valence-corrected chi connectivity index (χ0v) is 18.3. The van der Waals surface area contributed by atoms with Crippen molar-refractivity contribution in [2.24, 2.45) is 0 Å². The van der Waals surface area contributed by atoms with Crippen LogP contribution >= 0.6 is 15.9 Å². The summed E-state index contributed by atoms with van der Waals surface area (Å²) < 4.78 is 5.92. The Balaban J connectivity index is 1.81. The summed E-state index contributed by atoms with van der Waals surface area (Å²) in [7, 11) is 0. The number of halogens is 1. The van der Waals surface area contributed by atoms with Gasteiger partial charge in [-0.3, -0.25) is 19.3 Å². The Kier molecular flexibility index (Phi) is 6.89. The summed E-state index contributed by atoms with van der Waals surface area (Å²) in [6.45, 7) is 3.74. The Morgan fingerprint density at radius 1 is 1.20 bits per heavy atom. The lowest BCUT2D eigenvalue weighted by molar-refractivity contribution is -0.142. The van der Waals surface area contributed by atoms with Gasteiger partial charge in [-0.05, 0) is 49.7 Å². The Hall–Kier alpha value is -3.13. The van der Waals surface area contributed by atoms with Crippen LogP contribution in [0, 0.1) is 6.92 Å². The van der Waals surface area contributed by atoms with Gasteiger partial charge in [0.2, 0.25) is 5.91 Å². The number of ether oxygens (including phenoxy) is 1. The number of fused-ring (bicyclic) bond motifs is 1. The van der Waals surface area contributed by atoms with E-state index >= 15 is 0 Å². The van der Waals surface area contributed by atoms with Gasteiger partial charge in [-0.2, -0.15) is 0 Å². The Labute approximate surface area is 183 Å². The lowest BCUT2D eigenvalue weighted by Crippen LogP contribution is -2.37. The molecule has 0 saturated carbocycles. The van der Waals surface area contributed by atoms with Crippen LogP contribution < -0.4 is 15.5 Å². The Morgan fingerprint density at radius 3 is 2.70 bits per heavy atom. The molecule has 30 heavy (non-hydrogen) atoms. The third-order valence-electron chi connectivity index (χ3n) is 4.44. The normalized spacial score (nSPS) is 13.0. The topological polar surface area (TPSA) is 87.7 Å². The van der Waals surface area contributed by atoms with E-state index < -0.39 is 11.9 Å². The fourth-order valence-corrected chi connectivity index (χ4v) is 3.31. The number of benzene rings is 2. The summed E-state index contributed by atoms with van der Waals surface area (Å²) in [6.07, 6.45) is 1.26. The van der Waals surface area contributed by atoms with Crippen molar-refractivity contribution in [3.63, 3.8) is 0 Å². The first-order valence-electron chi connectivity index (χ1n) is 9.47. The number of carbonyl (C=O) groups excluding carboxylic acids is 3. The van der Waals surface area contributed by atoms with E-state index in [9.17, 15) is 14.4 Å². The van der Waals surface area contributed by atoms with Gasteiger partial charge in [0, 0.05) is 21.9 Å². The predicted molar refractivity (Wildman–Crippen MR) is 119 cm³/mol. The van der Waals surface area contributed by atoms with Crippen LogP contribution in [-0.4, -0.2) is 30.9 Å². The number of carbonyl (C=O) groups is 3. The molecule has 0 aromatic heterocycles. The van der Waals surface area contributed by atoms with E-state index in [1.807, 2.05) is 25.1 Å². The van der Waals surface area contributed by atoms with Gasteiger partial charge in [0.15, 0.2) is 0 Å². The summed E-state index contributed by atoms with van der Waals surface area (Å²) in [6, 6.07) is 12.6. The summed E-state index contributed by atoms with van der Waals surface area (Å²) in [4.78, 5) is 38.8.